The monoisotopic (exact) mass is 163 g/mol. The minimum Gasteiger partial charge on any atom is -0.0928 e. The topological polar surface area (TPSA) is 0 Å². The highest BCUT2D eigenvalue weighted by molar-refractivity contribution is 9.09. The van der Waals surface area contributed by atoms with E-state index in [0.29, 0.717) is 0 Å². The molecule has 0 fully saturated rings. The number of halogens is 1. The van der Waals surface area contributed by atoms with Crippen molar-refractivity contribution in [2.45, 2.75) is 26.2 Å². The molecule has 0 N–H and O–H groups in total. The van der Waals surface area contributed by atoms with Crippen molar-refractivity contribution in [3.63, 3.8) is 0 Å². The van der Waals surface area contributed by atoms with Crippen LogP contribution in [0.5, 0.6) is 0 Å². The molecular weight excluding hydrogens is 152 g/mol. The minimum absolute atomic E-state index is 1.12. The highest BCUT2D eigenvalue weighted by atomic mass is 79.9. The molecule has 0 nitrogen and oxygen atoms in total. The average molecular weight is 164 g/mol. The summed E-state index contributed by atoms with van der Waals surface area (Å²) in [7, 11) is 0. The summed E-state index contributed by atoms with van der Waals surface area (Å²) in [4.78, 5) is 0. The highest BCUT2D eigenvalue weighted by Gasteiger charge is 1.81. The largest absolute Gasteiger partial charge is 0.0928 e. The Bertz CT molecular complexity index is 23.4. The maximum atomic E-state index is 3.35. The molecule has 0 unspecified atom stereocenters. The molecule has 0 aliphatic heterocycles. The second kappa shape index (κ2) is 6.48. The Kier molecular flexibility index (Phi) is 6.92. The molecular formula is C6H12Br. The van der Waals surface area contributed by atoms with E-state index < -0.39 is 0 Å². The molecule has 0 aromatic carbocycles. The van der Waals surface area contributed by atoms with Gasteiger partial charge in [-0.15, -0.1) is 0 Å². The van der Waals surface area contributed by atoms with Crippen molar-refractivity contribution in [3.05, 3.63) is 6.42 Å². The van der Waals surface area contributed by atoms with Crippen LogP contribution in [0.25, 0.3) is 0 Å². The molecule has 0 saturated carbocycles. The van der Waals surface area contributed by atoms with Crippen LogP contribution in [-0.2, 0) is 0 Å². The van der Waals surface area contributed by atoms with E-state index in [1.165, 1.54) is 19.3 Å². The van der Waals surface area contributed by atoms with Crippen LogP contribution in [0.3, 0.4) is 0 Å². The molecule has 0 spiro atoms. The second-order valence-corrected chi connectivity index (χ2v) is 2.35. The number of hydrogen-bond donors (Lipinski definition) is 0. The number of hydrogen-bond acceptors (Lipinski definition) is 0. The summed E-state index contributed by atoms with van der Waals surface area (Å²) in [5, 5.41) is 1.12. The first-order chi connectivity index (χ1) is 3.41. The van der Waals surface area contributed by atoms with E-state index in [1.807, 2.05) is 0 Å². The average Bonchev–Trinajstić information content (AvgIpc) is 1.69. The standard InChI is InChI=1S/C6H12Br/c1-2-3-4-5-6-7/h4H,2-3,5-6H2,1H3. The summed E-state index contributed by atoms with van der Waals surface area (Å²) < 4.78 is 0. The van der Waals surface area contributed by atoms with E-state index in [4.69, 9.17) is 0 Å². The van der Waals surface area contributed by atoms with Crippen LogP contribution in [-0.4, -0.2) is 5.33 Å². The summed E-state index contributed by atoms with van der Waals surface area (Å²) >= 11 is 3.35. The van der Waals surface area contributed by atoms with Crippen molar-refractivity contribution in [2.75, 3.05) is 5.33 Å². The molecule has 7 heavy (non-hydrogen) atoms. The molecule has 0 amide bonds. The van der Waals surface area contributed by atoms with Crippen molar-refractivity contribution in [1.82, 2.24) is 0 Å². The van der Waals surface area contributed by atoms with Gasteiger partial charge in [-0.25, -0.2) is 0 Å². The third-order valence-electron chi connectivity index (χ3n) is 0.806. The first-order valence-electron chi connectivity index (χ1n) is 2.79. The van der Waals surface area contributed by atoms with Gasteiger partial charge >= 0.3 is 0 Å². The van der Waals surface area contributed by atoms with Gasteiger partial charge in [0.25, 0.3) is 0 Å². The quantitative estimate of drug-likeness (QED) is 0.442. The molecule has 0 heterocycles. The van der Waals surface area contributed by atoms with Crippen LogP contribution in [0.1, 0.15) is 26.2 Å². The van der Waals surface area contributed by atoms with E-state index in [0.717, 1.165) is 5.33 Å². The first-order valence-corrected chi connectivity index (χ1v) is 3.91. The van der Waals surface area contributed by atoms with Gasteiger partial charge in [0.1, 0.15) is 0 Å². The summed E-state index contributed by atoms with van der Waals surface area (Å²) in [6, 6.07) is 0. The zero-order valence-corrected chi connectivity index (χ0v) is 6.37. The minimum atomic E-state index is 1.12. The lowest BCUT2D eigenvalue weighted by atomic mass is 10.2. The van der Waals surface area contributed by atoms with E-state index in [1.54, 1.807) is 0 Å². The molecule has 0 rings (SSSR count). The Morgan fingerprint density at radius 3 is 2.57 bits per heavy atom. The molecule has 0 aromatic rings. The number of rotatable bonds is 4. The molecule has 0 atom stereocenters. The lowest BCUT2D eigenvalue weighted by molar-refractivity contribution is 0.857. The van der Waals surface area contributed by atoms with Gasteiger partial charge in [0.05, 0.1) is 0 Å². The Balaban J connectivity index is 2.45. The van der Waals surface area contributed by atoms with E-state index in [9.17, 15) is 0 Å². The molecule has 1 heteroatoms. The molecule has 0 saturated heterocycles. The summed E-state index contributed by atoms with van der Waals surface area (Å²) in [5.74, 6) is 0. The summed E-state index contributed by atoms with van der Waals surface area (Å²) in [5.41, 5.74) is 0. The summed E-state index contributed by atoms with van der Waals surface area (Å²) in [6.45, 7) is 2.20. The molecule has 0 bridgehead atoms. The molecule has 1 radical (unpaired) electrons. The van der Waals surface area contributed by atoms with Crippen molar-refractivity contribution in [1.29, 1.82) is 0 Å². The van der Waals surface area contributed by atoms with E-state index in [-0.39, 0.29) is 0 Å². The lowest BCUT2D eigenvalue weighted by Gasteiger charge is -1.89. The van der Waals surface area contributed by atoms with Gasteiger partial charge in [-0.05, 0) is 12.8 Å². The zero-order valence-electron chi connectivity index (χ0n) is 4.78. The van der Waals surface area contributed by atoms with Crippen LogP contribution in [0, 0.1) is 6.42 Å². The zero-order chi connectivity index (χ0) is 5.54. The predicted octanol–water partition coefficient (Wildman–Crippen LogP) is 2.78. The van der Waals surface area contributed by atoms with E-state index >= 15 is 0 Å². The van der Waals surface area contributed by atoms with Crippen molar-refractivity contribution < 1.29 is 0 Å². The molecule has 0 aliphatic carbocycles. The van der Waals surface area contributed by atoms with Crippen molar-refractivity contribution in [3.8, 4) is 0 Å². The van der Waals surface area contributed by atoms with Crippen LogP contribution in [0.15, 0.2) is 0 Å². The molecule has 0 aromatic heterocycles. The van der Waals surface area contributed by atoms with Crippen LogP contribution in [0.4, 0.5) is 0 Å². The maximum Gasteiger partial charge on any atom is 0.00340 e. The Morgan fingerprint density at radius 1 is 1.43 bits per heavy atom. The van der Waals surface area contributed by atoms with Crippen LogP contribution in [0.2, 0.25) is 0 Å². The van der Waals surface area contributed by atoms with Gasteiger partial charge in [0.2, 0.25) is 0 Å². The predicted molar refractivity (Wildman–Crippen MR) is 37.6 cm³/mol. The first kappa shape index (κ1) is 7.48. The Labute approximate surface area is 54.4 Å². The fourth-order valence-electron chi connectivity index (χ4n) is 0.426. The van der Waals surface area contributed by atoms with Crippen LogP contribution < -0.4 is 0 Å². The second-order valence-electron chi connectivity index (χ2n) is 1.56. The van der Waals surface area contributed by atoms with Crippen molar-refractivity contribution in [2.24, 2.45) is 0 Å². The lowest BCUT2D eigenvalue weighted by Crippen LogP contribution is -1.75. The third kappa shape index (κ3) is 6.48. The van der Waals surface area contributed by atoms with Crippen molar-refractivity contribution >= 4 is 15.9 Å². The molecule has 0 aliphatic rings. The van der Waals surface area contributed by atoms with Gasteiger partial charge in [-0.2, -0.15) is 0 Å². The van der Waals surface area contributed by atoms with E-state index in [2.05, 4.69) is 29.3 Å². The van der Waals surface area contributed by atoms with Gasteiger partial charge in [0, 0.05) is 5.33 Å². The Morgan fingerprint density at radius 2 is 2.14 bits per heavy atom. The number of alkyl halides is 1. The molecule has 43 valence electrons. The smallest absolute Gasteiger partial charge is 0.00340 e. The van der Waals surface area contributed by atoms with Gasteiger partial charge < -0.3 is 0 Å². The number of unbranched alkanes of at least 4 members (excludes halogenated alkanes) is 3. The third-order valence-corrected chi connectivity index (χ3v) is 1.26. The fourth-order valence-corrected chi connectivity index (χ4v) is 0.749. The Hall–Kier alpha value is 0.480. The van der Waals surface area contributed by atoms with Crippen LogP contribution >= 0.6 is 15.9 Å². The normalized spacial score (nSPS) is 9.43. The van der Waals surface area contributed by atoms with Gasteiger partial charge in [0.15, 0.2) is 0 Å². The van der Waals surface area contributed by atoms with Gasteiger partial charge in [-0.3, -0.25) is 0 Å². The maximum absolute atomic E-state index is 3.35. The SMILES string of the molecule is CCC[CH]CCBr. The highest BCUT2D eigenvalue weighted by Crippen LogP contribution is 1.98. The van der Waals surface area contributed by atoms with Gasteiger partial charge in [-0.1, -0.05) is 35.7 Å². The summed E-state index contributed by atoms with van der Waals surface area (Å²) in [6.07, 6.45) is 6.08. The fraction of sp³-hybridized carbons (Fsp3) is 0.833.